The van der Waals surface area contributed by atoms with Gasteiger partial charge in [-0.15, -0.1) is 0 Å². The summed E-state index contributed by atoms with van der Waals surface area (Å²) < 4.78 is 23.8. The Balaban J connectivity index is 2.33. The molecule has 9 nitrogen and oxygen atoms in total. The van der Waals surface area contributed by atoms with Gasteiger partial charge >= 0.3 is 0 Å². The average molecular weight is 441 g/mol. The van der Waals surface area contributed by atoms with Crippen molar-refractivity contribution in [3.8, 4) is 29.1 Å². The Kier molecular flexibility index (Phi) is 6.65. The standard InChI is InChI=1S/C23H28N4O5/c1-13-9-19-21(23(28)27(13)8-7-26(2)3)20(15(12-24)22(25)32-19)14-10-17(30-5)18(31-6)11-16(14)29-4/h9-11,20H,7-8,25H2,1-6H3/t20-/m1/s1. The van der Waals surface area contributed by atoms with E-state index in [2.05, 4.69) is 6.07 Å². The highest BCUT2D eigenvalue weighted by Crippen LogP contribution is 2.46. The van der Waals surface area contributed by atoms with E-state index in [4.69, 9.17) is 24.7 Å². The van der Waals surface area contributed by atoms with Crippen LogP contribution in [0.2, 0.25) is 0 Å². The molecule has 2 N–H and O–H groups in total. The molecule has 32 heavy (non-hydrogen) atoms. The highest BCUT2D eigenvalue weighted by molar-refractivity contribution is 5.61. The van der Waals surface area contributed by atoms with E-state index in [9.17, 15) is 10.1 Å². The lowest BCUT2D eigenvalue weighted by Gasteiger charge is -2.29. The number of hydrogen-bond donors (Lipinski definition) is 1. The number of likely N-dealkylation sites (N-methyl/N-ethyl adjacent to an activating group) is 1. The van der Waals surface area contributed by atoms with Gasteiger partial charge in [0.1, 0.15) is 23.1 Å². The first kappa shape index (κ1) is 23.0. The van der Waals surface area contributed by atoms with Crippen LogP contribution < -0.4 is 30.2 Å². The summed E-state index contributed by atoms with van der Waals surface area (Å²) in [7, 11) is 8.42. The van der Waals surface area contributed by atoms with E-state index in [0.29, 0.717) is 47.2 Å². The number of pyridine rings is 1. The molecule has 3 rings (SSSR count). The number of ether oxygens (including phenoxy) is 4. The zero-order valence-electron chi connectivity index (χ0n) is 19.2. The summed E-state index contributed by atoms with van der Waals surface area (Å²) in [5.41, 5.74) is 7.60. The van der Waals surface area contributed by atoms with Crippen molar-refractivity contribution in [3.63, 3.8) is 0 Å². The van der Waals surface area contributed by atoms with Crippen LogP contribution in [0.1, 0.15) is 22.7 Å². The molecule has 0 unspecified atom stereocenters. The third-order valence-corrected chi connectivity index (χ3v) is 5.51. The SMILES string of the molecule is COc1cc(OC)c([C@@H]2C(C#N)=C(N)Oc3cc(C)n(CCN(C)C)c(=O)c32)cc1OC. The molecule has 2 heterocycles. The number of nitrogens with two attached hydrogens (primary N) is 1. The van der Waals surface area contributed by atoms with Crippen molar-refractivity contribution in [2.45, 2.75) is 19.4 Å². The molecule has 0 saturated heterocycles. The van der Waals surface area contributed by atoms with Crippen LogP contribution in [0, 0.1) is 18.3 Å². The quantitative estimate of drug-likeness (QED) is 0.695. The van der Waals surface area contributed by atoms with Gasteiger partial charge in [-0.1, -0.05) is 0 Å². The molecule has 9 heteroatoms. The maximum atomic E-state index is 13.7. The second kappa shape index (κ2) is 9.24. The lowest BCUT2D eigenvalue weighted by Crippen LogP contribution is -2.34. The van der Waals surface area contributed by atoms with Gasteiger partial charge < -0.3 is 34.1 Å². The fraction of sp³-hybridized carbons (Fsp3) is 0.391. The molecule has 0 aliphatic carbocycles. The van der Waals surface area contributed by atoms with Crippen LogP contribution in [-0.4, -0.2) is 51.4 Å². The van der Waals surface area contributed by atoms with E-state index in [-0.39, 0.29) is 17.0 Å². The Hall–Kier alpha value is -3.64. The molecule has 0 amide bonds. The average Bonchev–Trinajstić information content (AvgIpc) is 2.76. The molecule has 1 aromatic heterocycles. The normalized spacial score (nSPS) is 15.1. The van der Waals surface area contributed by atoms with Crippen LogP contribution >= 0.6 is 0 Å². The largest absolute Gasteiger partial charge is 0.496 e. The molecule has 1 atom stereocenters. The van der Waals surface area contributed by atoms with E-state index in [1.54, 1.807) is 22.8 Å². The van der Waals surface area contributed by atoms with Gasteiger partial charge in [0, 0.05) is 36.5 Å². The maximum Gasteiger partial charge on any atom is 0.258 e. The molecule has 0 spiro atoms. The number of allylic oxidation sites excluding steroid dienone is 1. The highest BCUT2D eigenvalue weighted by Gasteiger charge is 2.36. The lowest BCUT2D eigenvalue weighted by atomic mass is 9.83. The Labute approximate surface area is 187 Å². The minimum atomic E-state index is -0.794. The monoisotopic (exact) mass is 440 g/mol. The van der Waals surface area contributed by atoms with E-state index in [0.717, 1.165) is 5.69 Å². The smallest absolute Gasteiger partial charge is 0.258 e. The number of rotatable bonds is 7. The van der Waals surface area contributed by atoms with Crippen molar-refractivity contribution in [1.29, 1.82) is 5.26 Å². The molecule has 0 fully saturated rings. The first-order valence-electron chi connectivity index (χ1n) is 10.0. The predicted molar refractivity (Wildman–Crippen MR) is 119 cm³/mol. The predicted octanol–water partition coefficient (Wildman–Crippen LogP) is 1.96. The van der Waals surface area contributed by atoms with Crippen molar-refractivity contribution in [2.24, 2.45) is 5.73 Å². The summed E-state index contributed by atoms with van der Waals surface area (Å²) in [4.78, 5) is 15.7. The van der Waals surface area contributed by atoms with Gasteiger partial charge in [-0.05, 0) is 27.1 Å². The minimum Gasteiger partial charge on any atom is -0.496 e. The molecule has 2 aromatic rings. The number of aryl methyl sites for hydroxylation is 1. The van der Waals surface area contributed by atoms with E-state index in [1.165, 1.54) is 21.3 Å². The molecule has 0 saturated carbocycles. The molecular formula is C23H28N4O5. The summed E-state index contributed by atoms with van der Waals surface area (Å²) in [6, 6.07) is 7.25. The van der Waals surface area contributed by atoms with Gasteiger partial charge in [-0.25, -0.2) is 0 Å². The van der Waals surface area contributed by atoms with Crippen molar-refractivity contribution < 1.29 is 18.9 Å². The third-order valence-electron chi connectivity index (χ3n) is 5.51. The zero-order valence-corrected chi connectivity index (χ0v) is 19.2. The van der Waals surface area contributed by atoms with Gasteiger partial charge in [0.2, 0.25) is 5.88 Å². The van der Waals surface area contributed by atoms with Gasteiger partial charge in [-0.3, -0.25) is 4.79 Å². The summed E-state index contributed by atoms with van der Waals surface area (Å²) in [6.45, 7) is 3.00. The van der Waals surface area contributed by atoms with Crippen molar-refractivity contribution >= 4 is 0 Å². The van der Waals surface area contributed by atoms with Gasteiger partial charge in [0.15, 0.2) is 11.5 Å². The van der Waals surface area contributed by atoms with Crippen molar-refractivity contribution in [1.82, 2.24) is 9.47 Å². The Morgan fingerprint density at radius 3 is 2.31 bits per heavy atom. The second-order valence-electron chi connectivity index (χ2n) is 7.70. The molecule has 1 aliphatic heterocycles. The maximum absolute atomic E-state index is 13.7. The number of benzene rings is 1. The fourth-order valence-corrected chi connectivity index (χ4v) is 3.85. The summed E-state index contributed by atoms with van der Waals surface area (Å²) in [5, 5.41) is 9.92. The number of aromatic nitrogens is 1. The number of nitrogens with zero attached hydrogens (tertiary/aromatic N) is 3. The van der Waals surface area contributed by atoms with Crippen LogP contribution in [0.25, 0.3) is 0 Å². The van der Waals surface area contributed by atoms with Crippen LogP contribution in [0.5, 0.6) is 23.0 Å². The molecule has 1 aliphatic rings. The summed E-state index contributed by atoms with van der Waals surface area (Å²) in [5.74, 6) is 0.812. The van der Waals surface area contributed by atoms with Gasteiger partial charge in [0.25, 0.3) is 5.56 Å². The van der Waals surface area contributed by atoms with Crippen LogP contribution in [-0.2, 0) is 6.54 Å². The summed E-state index contributed by atoms with van der Waals surface area (Å²) in [6.07, 6.45) is 0. The lowest BCUT2D eigenvalue weighted by molar-refractivity contribution is 0.346. The number of nitriles is 1. The van der Waals surface area contributed by atoms with Crippen molar-refractivity contribution in [2.75, 3.05) is 42.0 Å². The van der Waals surface area contributed by atoms with Crippen LogP contribution in [0.4, 0.5) is 0 Å². The molecule has 1 aromatic carbocycles. The first-order chi connectivity index (χ1) is 15.3. The first-order valence-corrected chi connectivity index (χ1v) is 10.0. The van der Waals surface area contributed by atoms with Crippen LogP contribution in [0.3, 0.4) is 0 Å². The highest BCUT2D eigenvalue weighted by atomic mass is 16.5. The second-order valence-corrected chi connectivity index (χ2v) is 7.70. The summed E-state index contributed by atoms with van der Waals surface area (Å²) >= 11 is 0. The van der Waals surface area contributed by atoms with Gasteiger partial charge in [-0.2, -0.15) is 5.26 Å². The molecule has 170 valence electrons. The number of fused-ring (bicyclic) bond motifs is 1. The number of hydrogen-bond acceptors (Lipinski definition) is 8. The zero-order chi connectivity index (χ0) is 23.6. The van der Waals surface area contributed by atoms with E-state index in [1.807, 2.05) is 25.9 Å². The fourth-order valence-electron chi connectivity index (χ4n) is 3.85. The number of methoxy groups -OCH3 is 3. The van der Waals surface area contributed by atoms with E-state index >= 15 is 0 Å². The third kappa shape index (κ3) is 3.97. The Morgan fingerprint density at radius 1 is 1.12 bits per heavy atom. The Bertz CT molecular complexity index is 1160. The molecule has 0 bridgehead atoms. The van der Waals surface area contributed by atoms with Crippen LogP contribution in [0.15, 0.2) is 34.4 Å². The molecule has 0 radical (unpaired) electrons. The van der Waals surface area contributed by atoms with Crippen molar-refractivity contribution in [3.05, 3.63) is 56.8 Å². The van der Waals surface area contributed by atoms with E-state index < -0.39 is 5.92 Å². The minimum absolute atomic E-state index is 0.0494. The molecular weight excluding hydrogens is 412 g/mol. The topological polar surface area (TPSA) is 112 Å². The van der Waals surface area contributed by atoms with Gasteiger partial charge in [0.05, 0.1) is 32.8 Å². The Morgan fingerprint density at radius 2 is 1.75 bits per heavy atom.